The van der Waals surface area contributed by atoms with Gasteiger partial charge in [-0.05, 0) is 29.8 Å². The molecule has 2 rings (SSSR count). The van der Waals surface area contributed by atoms with Gasteiger partial charge in [-0.15, -0.1) is 0 Å². The first kappa shape index (κ1) is 17.0. The molecule has 0 aliphatic carbocycles. The Bertz CT molecular complexity index is 803. The van der Waals surface area contributed by atoms with Crippen molar-refractivity contribution < 1.29 is 22.3 Å². The summed E-state index contributed by atoms with van der Waals surface area (Å²) < 4.78 is 42.3. The summed E-state index contributed by atoms with van der Waals surface area (Å²) >= 11 is 0. The van der Waals surface area contributed by atoms with E-state index in [2.05, 4.69) is 0 Å². The molecule has 0 fully saturated rings. The normalized spacial score (nSPS) is 11.1. The van der Waals surface area contributed by atoms with E-state index in [-0.39, 0.29) is 23.7 Å². The molecule has 0 aliphatic rings. The number of carbonyl (C=O) groups excluding carboxylic acids is 1. The Hall–Kier alpha value is -2.41. The zero-order chi connectivity index (χ0) is 17.0. The van der Waals surface area contributed by atoms with Gasteiger partial charge >= 0.3 is 5.97 Å². The van der Waals surface area contributed by atoms with Crippen LogP contribution >= 0.6 is 0 Å². The van der Waals surface area contributed by atoms with Crippen molar-refractivity contribution in [2.45, 2.75) is 6.61 Å². The number of hydrogen-bond acceptors (Lipinski definition) is 4. The molecule has 0 amide bonds. The Morgan fingerprint density at radius 1 is 1.13 bits per heavy atom. The van der Waals surface area contributed by atoms with Crippen molar-refractivity contribution in [2.75, 3.05) is 17.6 Å². The van der Waals surface area contributed by atoms with Crippen LogP contribution < -0.4 is 4.31 Å². The molecule has 0 unspecified atom stereocenters. The van der Waals surface area contributed by atoms with Gasteiger partial charge in [-0.25, -0.2) is 17.6 Å². The van der Waals surface area contributed by atoms with Crippen LogP contribution in [0.1, 0.15) is 15.9 Å². The molecule has 0 spiro atoms. The molecule has 0 bridgehead atoms. The molecule has 0 saturated heterocycles. The highest BCUT2D eigenvalue weighted by atomic mass is 32.2. The van der Waals surface area contributed by atoms with E-state index in [1.54, 1.807) is 12.1 Å². The molecule has 23 heavy (non-hydrogen) atoms. The van der Waals surface area contributed by atoms with Crippen LogP contribution in [-0.4, -0.2) is 27.7 Å². The molecular formula is C16H16FNO4S. The maximum absolute atomic E-state index is 12.8. The van der Waals surface area contributed by atoms with Crippen molar-refractivity contribution in [2.24, 2.45) is 0 Å². The van der Waals surface area contributed by atoms with Crippen LogP contribution in [0, 0.1) is 5.82 Å². The molecular weight excluding hydrogens is 321 g/mol. The third-order valence-electron chi connectivity index (χ3n) is 3.24. The van der Waals surface area contributed by atoms with Gasteiger partial charge in [0.1, 0.15) is 12.4 Å². The predicted octanol–water partition coefficient (Wildman–Crippen LogP) is 2.58. The second-order valence-corrected chi connectivity index (χ2v) is 6.96. The molecule has 5 nitrogen and oxygen atoms in total. The minimum absolute atomic E-state index is 0.0317. The van der Waals surface area contributed by atoms with Crippen LogP contribution in [0.2, 0.25) is 0 Å². The number of ether oxygens (including phenoxy) is 1. The van der Waals surface area contributed by atoms with Gasteiger partial charge in [0.15, 0.2) is 0 Å². The average Bonchev–Trinajstić information content (AvgIpc) is 2.52. The second kappa shape index (κ2) is 6.78. The van der Waals surface area contributed by atoms with Crippen LogP contribution in [0.4, 0.5) is 10.1 Å². The summed E-state index contributed by atoms with van der Waals surface area (Å²) in [6.07, 6.45) is 1.05. The van der Waals surface area contributed by atoms with Crippen molar-refractivity contribution in [3.63, 3.8) is 0 Å². The van der Waals surface area contributed by atoms with E-state index >= 15 is 0 Å². The number of hydrogen-bond donors (Lipinski definition) is 0. The molecule has 0 heterocycles. The molecule has 0 aromatic heterocycles. The number of nitrogens with zero attached hydrogens (tertiary/aromatic N) is 1. The van der Waals surface area contributed by atoms with Crippen LogP contribution in [0.25, 0.3) is 0 Å². The standard InChI is InChI=1S/C16H16FNO4S/c1-18(23(2,20)21)15-6-4-3-5-14(15)16(19)22-11-12-7-9-13(17)10-8-12/h3-10H,11H2,1-2H3. The minimum Gasteiger partial charge on any atom is -0.457 e. The lowest BCUT2D eigenvalue weighted by Crippen LogP contribution is -2.26. The summed E-state index contributed by atoms with van der Waals surface area (Å²) in [4.78, 5) is 12.2. The van der Waals surface area contributed by atoms with Crippen molar-refractivity contribution in [1.82, 2.24) is 0 Å². The van der Waals surface area contributed by atoms with Crippen molar-refractivity contribution >= 4 is 21.7 Å². The van der Waals surface area contributed by atoms with Gasteiger partial charge in [0, 0.05) is 7.05 Å². The lowest BCUT2D eigenvalue weighted by molar-refractivity contribution is 0.0473. The van der Waals surface area contributed by atoms with Crippen LogP contribution in [0.5, 0.6) is 0 Å². The molecule has 0 radical (unpaired) electrons. The third kappa shape index (κ3) is 4.29. The second-order valence-electron chi connectivity index (χ2n) is 4.95. The highest BCUT2D eigenvalue weighted by molar-refractivity contribution is 7.92. The lowest BCUT2D eigenvalue weighted by atomic mass is 10.2. The highest BCUT2D eigenvalue weighted by Crippen LogP contribution is 2.22. The number of halogens is 1. The van der Waals surface area contributed by atoms with Gasteiger partial charge < -0.3 is 4.74 Å². The first-order valence-electron chi connectivity index (χ1n) is 6.73. The van der Waals surface area contributed by atoms with Gasteiger partial charge in [-0.1, -0.05) is 24.3 Å². The van der Waals surface area contributed by atoms with Crippen molar-refractivity contribution in [3.8, 4) is 0 Å². The van der Waals surface area contributed by atoms with E-state index in [1.165, 1.54) is 43.4 Å². The number of carbonyl (C=O) groups is 1. The Morgan fingerprint density at radius 2 is 1.74 bits per heavy atom. The molecule has 0 N–H and O–H groups in total. The predicted molar refractivity (Wildman–Crippen MR) is 85.2 cm³/mol. The van der Waals surface area contributed by atoms with Crippen LogP contribution in [-0.2, 0) is 21.4 Å². The summed E-state index contributed by atoms with van der Waals surface area (Å²) in [5.74, 6) is -1.03. The molecule has 0 aliphatic heterocycles. The van der Waals surface area contributed by atoms with Gasteiger partial charge in [-0.3, -0.25) is 4.31 Å². The minimum atomic E-state index is -3.50. The van der Waals surface area contributed by atoms with E-state index < -0.39 is 16.0 Å². The fraction of sp³-hybridized carbons (Fsp3) is 0.188. The van der Waals surface area contributed by atoms with Crippen molar-refractivity contribution in [1.29, 1.82) is 0 Å². The number of rotatable bonds is 5. The Balaban J connectivity index is 2.18. The molecule has 0 saturated carbocycles. The molecule has 7 heteroatoms. The fourth-order valence-corrected chi connectivity index (χ4v) is 2.42. The molecule has 2 aromatic rings. The van der Waals surface area contributed by atoms with Crippen LogP contribution in [0.3, 0.4) is 0 Å². The number of para-hydroxylation sites is 1. The summed E-state index contributed by atoms with van der Waals surface area (Å²) in [7, 11) is -2.14. The number of benzene rings is 2. The van der Waals surface area contributed by atoms with E-state index in [0.29, 0.717) is 5.56 Å². The number of anilines is 1. The number of sulfonamides is 1. The monoisotopic (exact) mass is 337 g/mol. The van der Waals surface area contributed by atoms with E-state index in [4.69, 9.17) is 4.74 Å². The van der Waals surface area contributed by atoms with Crippen LogP contribution in [0.15, 0.2) is 48.5 Å². The smallest absolute Gasteiger partial charge is 0.340 e. The van der Waals surface area contributed by atoms with Gasteiger partial charge in [0.25, 0.3) is 0 Å². The first-order valence-corrected chi connectivity index (χ1v) is 8.58. The molecule has 2 aromatic carbocycles. The van der Waals surface area contributed by atoms with Crippen molar-refractivity contribution in [3.05, 3.63) is 65.5 Å². The topological polar surface area (TPSA) is 63.7 Å². The van der Waals surface area contributed by atoms with Gasteiger partial charge in [-0.2, -0.15) is 0 Å². The average molecular weight is 337 g/mol. The summed E-state index contributed by atoms with van der Waals surface area (Å²) in [5.41, 5.74) is 1.01. The largest absolute Gasteiger partial charge is 0.457 e. The third-order valence-corrected chi connectivity index (χ3v) is 4.44. The molecule has 122 valence electrons. The SMILES string of the molecule is CN(c1ccccc1C(=O)OCc1ccc(F)cc1)S(C)(=O)=O. The number of esters is 1. The van der Waals surface area contributed by atoms with E-state index in [1.807, 2.05) is 0 Å². The summed E-state index contributed by atoms with van der Waals surface area (Å²) in [6.45, 7) is -0.0317. The zero-order valence-electron chi connectivity index (χ0n) is 12.7. The summed E-state index contributed by atoms with van der Waals surface area (Å²) in [5, 5.41) is 0. The van der Waals surface area contributed by atoms with E-state index in [9.17, 15) is 17.6 Å². The van der Waals surface area contributed by atoms with Gasteiger partial charge in [0.2, 0.25) is 10.0 Å². The Kier molecular flexibility index (Phi) is 5.00. The maximum atomic E-state index is 12.8. The Labute approximate surface area is 134 Å². The lowest BCUT2D eigenvalue weighted by Gasteiger charge is -2.19. The first-order chi connectivity index (χ1) is 10.8. The summed E-state index contributed by atoms with van der Waals surface area (Å²) in [6, 6.07) is 11.8. The van der Waals surface area contributed by atoms with Gasteiger partial charge in [0.05, 0.1) is 17.5 Å². The maximum Gasteiger partial charge on any atom is 0.340 e. The zero-order valence-corrected chi connectivity index (χ0v) is 13.5. The highest BCUT2D eigenvalue weighted by Gasteiger charge is 2.20. The quantitative estimate of drug-likeness (QED) is 0.787. The fourth-order valence-electron chi connectivity index (χ4n) is 1.91. The Morgan fingerprint density at radius 3 is 2.35 bits per heavy atom. The molecule has 0 atom stereocenters. The van der Waals surface area contributed by atoms with E-state index in [0.717, 1.165) is 10.6 Å².